The molecular formula is C21H26O3. The van der Waals surface area contributed by atoms with Gasteiger partial charge in [-0.25, -0.2) is 0 Å². The van der Waals surface area contributed by atoms with E-state index in [-0.39, 0.29) is 5.97 Å². The molecule has 2 aromatic rings. The summed E-state index contributed by atoms with van der Waals surface area (Å²) in [6.07, 6.45) is 3.42. The van der Waals surface area contributed by atoms with Crippen molar-refractivity contribution in [2.24, 2.45) is 5.92 Å². The number of aryl methyl sites for hydroxylation is 1. The van der Waals surface area contributed by atoms with Gasteiger partial charge in [0.15, 0.2) is 0 Å². The average Bonchev–Trinajstić information content (AvgIpc) is 2.62. The van der Waals surface area contributed by atoms with E-state index in [2.05, 4.69) is 12.1 Å². The van der Waals surface area contributed by atoms with Gasteiger partial charge < -0.3 is 9.84 Å². The number of esters is 1. The van der Waals surface area contributed by atoms with Crippen molar-refractivity contribution in [2.45, 2.75) is 45.1 Å². The molecule has 0 bridgehead atoms. The highest BCUT2D eigenvalue weighted by Gasteiger charge is 2.27. The molecule has 0 fully saturated rings. The minimum Gasteiger partial charge on any atom is -0.426 e. The first-order chi connectivity index (χ1) is 11.7. The molecule has 2 atom stereocenters. The van der Waals surface area contributed by atoms with Gasteiger partial charge in [-0.05, 0) is 43.4 Å². The van der Waals surface area contributed by atoms with E-state index < -0.39 is 12.0 Å². The van der Waals surface area contributed by atoms with Crippen molar-refractivity contribution in [3.63, 3.8) is 0 Å². The summed E-state index contributed by atoms with van der Waals surface area (Å²) in [6, 6.07) is 19.3. The Hall–Kier alpha value is -2.13. The van der Waals surface area contributed by atoms with E-state index in [0.29, 0.717) is 18.6 Å². The average molecular weight is 326 g/mol. The summed E-state index contributed by atoms with van der Waals surface area (Å²) < 4.78 is 5.42. The van der Waals surface area contributed by atoms with Crippen LogP contribution in [0.2, 0.25) is 0 Å². The normalized spacial score (nSPS) is 13.2. The summed E-state index contributed by atoms with van der Waals surface area (Å²) in [7, 11) is 0. The smallest absolute Gasteiger partial charge is 0.316 e. The molecule has 24 heavy (non-hydrogen) atoms. The van der Waals surface area contributed by atoms with Gasteiger partial charge in [0, 0.05) is 0 Å². The Balaban J connectivity index is 1.84. The second-order valence-corrected chi connectivity index (χ2v) is 6.05. The van der Waals surface area contributed by atoms with E-state index in [1.165, 1.54) is 5.56 Å². The lowest BCUT2D eigenvalue weighted by molar-refractivity contribution is -0.143. The summed E-state index contributed by atoms with van der Waals surface area (Å²) in [5.41, 5.74) is 1.30. The molecule has 0 amide bonds. The van der Waals surface area contributed by atoms with Gasteiger partial charge in [0.2, 0.25) is 0 Å². The van der Waals surface area contributed by atoms with E-state index in [1.807, 2.05) is 43.3 Å². The van der Waals surface area contributed by atoms with Gasteiger partial charge in [0.1, 0.15) is 5.75 Å². The third kappa shape index (κ3) is 5.82. The number of hydrogen-bond acceptors (Lipinski definition) is 3. The molecule has 0 saturated heterocycles. The lowest BCUT2D eigenvalue weighted by Crippen LogP contribution is -2.31. The third-order valence-electron chi connectivity index (χ3n) is 4.22. The molecular weight excluding hydrogens is 300 g/mol. The van der Waals surface area contributed by atoms with Crippen LogP contribution in [0.3, 0.4) is 0 Å². The maximum Gasteiger partial charge on any atom is 0.316 e. The van der Waals surface area contributed by atoms with Crippen LogP contribution in [0, 0.1) is 5.92 Å². The van der Waals surface area contributed by atoms with Crippen molar-refractivity contribution in [1.82, 2.24) is 0 Å². The van der Waals surface area contributed by atoms with Crippen molar-refractivity contribution in [1.29, 1.82) is 0 Å². The molecule has 0 aromatic heterocycles. The molecule has 2 rings (SSSR count). The van der Waals surface area contributed by atoms with Crippen LogP contribution in [0.5, 0.6) is 5.75 Å². The summed E-state index contributed by atoms with van der Waals surface area (Å²) in [5.74, 6) is -0.277. The zero-order valence-corrected chi connectivity index (χ0v) is 14.2. The minimum atomic E-state index is -0.655. The summed E-state index contributed by atoms with van der Waals surface area (Å²) in [5, 5.41) is 10.2. The molecule has 0 aliphatic rings. The van der Waals surface area contributed by atoms with E-state index >= 15 is 0 Å². The highest BCUT2D eigenvalue weighted by molar-refractivity contribution is 5.75. The van der Waals surface area contributed by atoms with Crippen LogP contribution in [0.15, 0.2) is 60.7 Å². The quantitative estimate of drug-likeness (QED) is 0.422. The van der Waals surface area contributed by atoms with Crippen LogP contribution in [-0.4, -0.2) is 17.2 Å². The highest BCUT2D eigenvalue weighted by Crippen LogP contribution is 2.20. The predicted octanol–water partition coefficient (Wildman–Crippen LogP) is 4.39. The molecule has 128 valence electrons. The van der Waals surface area contributed by atoms with Crippen LogP contribution < -0.4 is 4.74 Å². The maximum absolute atomic E-state index is 12.4. The number of rotatable bonds is 9. The molecule has 0 aliphatic carbocycles. The van der Waals surface area contributed by atoms with Crippen LogP contribution in [0.1, 0.15) is 38.2 Å². The van der Waals surface area contributed by atoms with E-state index in [0.717, 1.165) is 19.3 Å². The number of aliphatic hydroxyl groups excluding tert-OH is 1. The Kier molecular flexibility index (Phi) is 7.50. The van der Waals surface area contributed by atoms with Crippen molar-refractivity contribution in [3.05, 3.63) is 66.2 Å². The summed E-state index contributed by atoms with van der Waals surface area (Å²) in [4.78, 5) is 12.4. The molecule has 0 heterocycles. The first kappa shape index (κ1) is 18.2. The van der Waals surface area contributed by atoms with E-state index in [9.17, 15) is 9.90 Å². The number of ether oxygens (including phenoxy) is 1. The van der Waals surface area contributed by atoms with Gasteiger partial charge in [-0.1, -0.05) is 61.9 Å². The van der Waals surface area contributed by atoms with Gasteiger partial charge in [-0.3, -0.25) is 4.79 Å². The Labute approximate surface area is 144 Å². The maximum atomic E-state index is 12.4. The Morgan fingerprint density at radius 1 is 1.00 bits per heavy atom. The third-order valence-corrected chi connectivity index (χ3v) is 4.22. The number of carbonyl (C=O) groups is 1. The van der Waals surface area contributed by atoms with Gasteiger partial charge >= 0.3 is 5.97 Å². The summed E-state index contributed by atoms with van der Waals surface area (Å²) >= 11 is 0. The van der Waals surface area contributed by atoms with E-state index in [1.54, 1.807) is 12.1 Å². The molecule has 3 heteroatoms. The fourth-order valence-corrected chi connectivity index (χ4v) is 2.77. The molecule has 0 spiro atoms. The van der Waals surface area contributed by atoms with E-state index in [4.69, 9.17) is 4.74 Å². The Bertz CT molecular complexity index is 595. The van der Waals surface area contributed by atoms with Gasteiger partial charge in [0.05, 0.1) is 12.0 Å². The number of benzene rings is 2. The first-order valence-corrected chi connectivity index (χ1v) is 8.69. The fraction of sp³-hybridized carbons (Fsp3) is 0.381. The SMILES string of the molecule is CC[C@@H](O)[C@H](CCCCc1ccccc1)C(=O)Oc1ccccc1. The zero-order valence-electron chi connectivity index (χ0n) is 14.2. The lowest BCUT2D eigenvalue weighted by Gasteiger charge is -2.20. The topological polar surface area (TPSA) is 46.5 Å². The largest absolute Gasteiger partial charge is 0.426 e. The lowest BCUT2D eigenvalue weighted by atomic mass is 9.93. The molecule has 3 nitrogen and oxygen atoms in total. The minimum absolute atomic E-state index is 0.338. The van der Waals surface area contributed by atoms with Gasteiger partial charge in [-0.15, -0.1) is 0 Å². The molecule has 0 unspecified atom stereocenters. The molecule has 2 aromatic carbocycles. The number of carbonyl (C=O) groups excluding carboxylic acids is 1. The summed E-state index contributed by atoms with van der Waals surface area (Å²) in [6.45, 7) is 1.89. The number of unbranched alkanes of at least 4 members (excludes halogenated alkanes) is 1. The fourth-order valence-electron chi connectivity index (χ4n) is 2.77. The first-order valence-electron chi connectivity index (χ1n) is 8.69. The van der Waals surface area contributed by atoms with Crippen molar-refractivity contribution in [3.8, 4) is 5.75 Å². The van der Waals surface area contributed by atoms with Crippen molar-refractivity contribution >= 4 is 5.97 Å². The number of para-hydroxylation sites is 1. The molecule has 0 saturated carbocycles. The highest BCUT2D eigenvalue weighted by atomic mass is 16.5. The standard InChI is InChI=1S/C21H26O3/c1-2-20(22)19(21(23)24-18-14-7-4-8-15-18)16-10-9-13-17-11-5-3-6-12-17/h3-8,11-12,14-15,19-20,22H,2,9-10,13,16H2,1H3/t19-,20+/m0/s1. The second kappa shape index (κ2) is 9.89. The van der Waals surface area contributed by atoms with Crippen LogP contribution >= 0.6 is 0 Å². The number of aliphatic hydroxyl groups is 1. The Morgan fingerprint density at radius 3 is 2.25 bits per heavy atom. The van der Waals surface area contributed by atoms with Gasteiger partial charge in [0.25, 0.3) is 0 Å². The monoisotopic (exact) mass is 326 g/mol. The molecule has 0 radical (unpaired) electrons. The predicted molar refractivity (Wildman–Crippen MR) is 95.9 cm³/mol. The Morgan fingerprint density at radius 2 is 1.62 bits per heavy atom. The molecule has 0 aliphatic heterocycles. The van der Waals surface area contributed by atoms with Crippen molar-refractivity contribution < 1.29 is 14.6 Å². The second-order valence-electron chi connectivity index (χ2n) is 6.05. The van der Waals surface area contributed by atoms with Crippen LogP contribution in [-0.2, 0) is 11.2 Å². The van der Waals surface area contributed by atoms with Crippen LogP contribution in [0.4, 0.5) is 0 Å². The number of hydrogen-bond donors (Lipinski definition) is 1. The zero-order chi connectivity index (χ0) is 17.2. The van der Waals surface area contributed by atoms with Crippen molar-refractivity contribution in [2.75, 3.05) is 0 Å². The molecule has 1 N–H and O–H groups in total. The van der Waals surface area contributed by atoms with Crippen LogP contribution in [0.25, 0.3) is 0 Å². The van der Waals surface area contributed by atoms with Gasteiger partial charge in [-0.2, -0.15) is 0 Å².